The van der Waals surface area contributed by atoms with Crippen LogP contribution in [-0.2, 0) is 11.3 Å². The summed E-state index contributed by atoms with van der Waals surface area (Å²) >= 11 is 3.03. The third-order valence-corrected chi connectivity index (χ3v) is 6.77. The topological polar surface area (TPSA) is 60.3 Å². The molecular formula is C24H24N4O2S2. The molecule has 0 aliphatic rings. The van der Waals surface area contributed by atoms with Gasteiger partial charge in [0.2, 0.25) is 5.91 Å². The van der Waals surface area contributed by atoms with Crippen LogP contribution in [0.25, 0.3) is 17.1 Å². The van der Waals surface area contributed by atoms with Crippen LogP contribution in [0.5, 0.6) is 5.75 Å². The highest BCUT2D eigenvalue weighted by Gasteiger charge is 2.20. The summed E-state index contributed by atoms with van der Waals surface area (Å²) in [6, 6.07) is 19.9. The molecule has 0 spiro atoms. The van der Waals surface area contributed by atoms with E-state index in [4.69, 9.17) is 4.74 Å². The number of nitrogens with zero attached hydrogens (tertiary/aromatic N) is 4. The zero-order chi connectivity index (χ0) is 22.5. The number of benzene rings is 2. The maximum Gasteiger partial charge on any atom is 0.233 e. The number of carbonyl (C=O) groups excluding carboxylic acids is 1. The lowest BCUT2D eigenvalue weighted by molar-refractivity contribution is -0.127. The minimum Gasteiger partial charge on any atom is -0.496 e. The van der Waals surface area contributed by atoms with Crippen molar-refractivity contribution in [1.82, 2.24) is 19.7 Å². The number of hydrogen-bond donors (Lipinski definition) is 0. The number of para-hydroxylation sites is 1. The molecule has 0 bridgehead atoms. The molecule has 2 aromatic heterocycles. The Balaban J connectivity index is 1.62. The van der Waals surface area contributed by atoms with Crippen LogP contribution >= 0.6 is 23.1 Å². The van der Waals surface area contributed by atoms with Crippen LogP contribution in [0.1, 0.15) is 10.4 Å². The van der Waals surface area contributed by atoms with Gasteiger partial charge in [0.25, 0.3) is 0 Å². The molecule has 0 atom stereocenters. The predicted molar refractivity (Wildman–Crippen MR) is 130 cm³/mol. The van der Waals surface area contributed by atoms with Crippen molar-refractivity contribution in [3.63, 3.8) is 0 Å². The Bertz CT molecular complexity index is 1190. The van der Waals surface area contributed by atoms with E-state index in [1.54, 1.807) is 23.3 Å². The second-order valence-corrected chi connectivity index (χ2v) is 9.27. The molecule has 0 unspecified atom stereocenters. The summed E-state index contributed by atoms with van der Waals surface area (Å²) in [5.41, 5.74) is 2.94. The number of rotatable bonds is 8. The predicted octanol–water partition coefficient (Wildman–Crippen LogP) is 5.06. The highest BCUT2D eigenvalue weighted by atomic mass is 32.2. The van der Waals surface area contributed by atoms with Crippen LogP contribution in [0.3, 0.4) is 0 Å². The van der Waals surface area contributed by atoms with Crippen molar-refractivity contribution in [1.29, 1.82) is 0 Å². The van der Waals surface area contributed by atoms with Gasteiger partial charge in [0.15, 0.2) is 11.0 Å². The first-order valence-electron chi connectivity index (χ1n) is 10.1. The first-order chi connectivity index (χ1) is 15.6. The lowest BCUT2D eigenvalue weighted by atomic mass is 10.1. The van der Waals surface area contributed by atoms with Crippen molar-refractivity contribution in [2.45, 2.75) is 18.6 Å². The summed E-state index contributed by atoms with van der Waals surface area (Å²) < 4.78 is 7.53. The number of thiophene rings is 1. The highest BCUT2D eigenvalue weighted by molar-refractivity contribution is 7.99. The Kier molecular flexibility index (Phi) is 6.92. The summed E-state index contributed by atoms with van der Waals surface area (Å²) in [5.74, 6) is 1.71. The van der Waals surface area contributed by atoms with Gasteiger partial charge in [-0.3, -0.25) is 9.36 Å². The van der Waals surface area contributed by atoms with Crippen LogP contribution < -0.4 is 4.74 Å². The molecule has 0 saturated carbocycles. The minimum absolute atomic E-state index is 0.0423. The van der Waals surface area contributed by atoms with Gasteiger partial charge >= 0.3 is 0 Å². The maximum atomic E-state index is 12.7. The zero-order valence-electron chi connectivity index (χ0n) is 18.2. The van der Waals surface area contributed by atoms with Crippen molar-refractivity contribution in [2.75, 3.05) is 19.9 Å². The van der Waals surface area contributed by atoms with E-state index in [9.17, 15) is 4.79 Å². The van der Waals surface area contributed by atoms with Crippen LogP contribution in [0, 0.1) is 6.92 Å². The minimum atomic E-state index is 0.0423. The number of aromatic nitrogens is 3. The fraction of sp³-hybridized carbons (Fsp3) is 0.208. The molecule has 0 saturated heterocycles. The normalized spacial score (nSPS) is 10.8. The molecule has 4 rings (SSSR count). The van der Waals surface area contributed by atoms with Gasteiger partial charge in [-0.25, -0.2) is 0 Å². The number of amides is 1. The number of methoxy groups -OCH3 is 1. The third kappa shape index (κ3) is 4.87. The molecule has 0 N–H and O–H groups in total. The Labute approximate surface area is 195 Å². The number of ether oxygens (including phenoxy) is 1. The first kappa shape index (κ1) is 22.1. The molecule has 6 nitrogen and oxygen atoms in total. The summed E-state index contributed by atoms with van der Waals surface area (Å²) in [6.45, 7) is 2.66. The fourth-order valence-corrected chi connectivity index (χ4v) is 4.90. The van der Waals surface area contributed by atoms with E-state index in [-0.39, 0.29) is 11.7 Å². The van der Waals surface area contributed by atoms with Gasteiger partial charge in [0.05, 0.1) is 25.0 Å². The molecule has 1 amide bonds. The zero-order valence-corrected chi connectivity index (χ0v) is 19.8. The van der Waals surface area contributed by atoms with Gasteiger partial charge in [0, 0.05) is 17.6 Å². The Morgan fingerprint density at radius 3 is 2.59 bits per heavy atom. The summed E-state index contributed by atoms with van der Waals surface area (Å²) in [4.78, 5) is 15.6. The Morgan fingerprint density at radius 1 is 1.09 bits per heavy atom. The second-order valence-electron chi connectivity index (χ2n) is 7.30. The van der Waals surface area contributed by atoms with Gasteiger partial charge < -0.3 is 9.64 Å². The molecule has 164 valence electrons. The third-order valence-electron chi connectivity index (χ3n) is 5.00. The van der Waals surface area contributed by atoms with Gasteiger partial charge in [0.1, 0.15) is 5.75 Å². The monoisotopic (exact) mass is 464 g/mol. The van der Waals surface area contributed by atoms with E-state index in [0.717, 1.165) is 21.9 Å². The molecular weight excluding hydrogens is 440 g/mol. The Hall–Kier alpha value is -3.10. The summed E-state index contributed by atoms with van der Waals surface area (Å²) in [5, 5.41) is 11.6. The molecule has 2 heterocycles. The van der Waals surface area contributed by atoms with E-state index in [0.29, 0.717) is 17.5 Å². The van der Waals surface area contributed by atoms with E-state index >= 15 is 0 Å². The van der Waals surface area contributed by atoms with E-state index < -0.39 is 0 Å². The van der Waals surface area contributed by atoms with Crippen molar-refractivity contribution < 1.29 is 9.53 Å². The Morgan fingerprint density at radius 2 is 1.88 bits per heavy atom. The van der Waals surface area contributed by atoms with Crippen LogP contribution in [0.15, 0.2) is 71.2 Å². The van der Waals surface area contributed by atoms with E-state index in [1.165, 1.54) is 17.3 Å². The number of carbonyl (C=O) groups is 1. The molecule has 4 aromatic rings. The molecule has 32 heavy (non-hydrogen) atoms. The van der Waals surface area contributed by atoms with Crippen LogP contribution in [0.4, 0.5) is 0 Å². The van der Waals surface area contributed by atoms with Gasteiger partial charge in [-0.1, -0.05) is 47.7 Å². The fourth-order valence-electron chi connectivity index (χ4n) is 3.25. The second kappa shape index (κ2) is 10.0. The maximum absolute atomic E-state index is 12.7. The summed E-state index contributed by atoms with van der Waals surface area (Å²) in [7, 11) is 3.47. The average molecular weight is 465 g/mol. The smallest absolute Gasteiger partial charge is 0.233 e. The quantitative estimate of drug-likeness (QED) is 0.341. The van der Waals surface area contributed by atoms with E-state index in [2.05, 4.69) is 29.3 Å². The molecule has 2 aromatic carbocycles. The number of thioether (sulfide) groups is 1. The standard InChI is InChI=1S/C24H24N4O2S2/c1-17-10-12-18(13-11-17)28-23(20-8-4-5-9-21(20)30-3)25-26-24(28)32-16-22(29)27(2)15-19-7-6-14-31-19/h4-14H,15-16H2,1-3H3. The number of aryl methyl sites for hydroxylation is 1. The van der Waals surface area contributed by atoms with Crippen LogP contribution in [-0.4, -0.2) is 45.5 Å². The molecule has 0 radical (unpaired) electrons. The van der Waals surface area contributed by atoms with E-state index in [1.807, 2.05) is 65.5 Å². The largest absolute Gasteiger partial charge is 0.496 e. The van der Waals surface area contributed by atoms with Crippen molar-refractivity contribution >= 4 is 29.0 Å². The molecule has 0 aliphatic heterocycles. The lowest BCUT2D eigenvalue weighted by Crippen LogP contribution is -2.27. The van der Waals surface area contributed by atoms with Crippen molar-refractivity contribution in [2.24, 2.45) is 0 Å². The summed E-state index contributed by atoms with van der Waals surface area (Å²) in [6.07, 6.45) is 0. The van der Waals surface area contributed by atoms with Gasteiger partial charge in [-0.15, -0.1) is 21.5 Å². The number of hydrogen-bond acceptors (Lipinski definition) is 6. The van der Waals surface area contributed by atoms with Crippen molar-refractivity contribution in [3.05, 3.63) is 76.5 Å². The van der Waals surface area contributed by atoms with Gasteiger partial charge in [-0.05, 0) is 42.6 Å². The van der Waals surface area contributed by atoms with Crippen molar-refractivity contribution in [3.8, 4) is 22.8 Å². The first-order valence-corrected chi connectivity index (χ1v) is 12.0. The lowest BCUT2D eigenvalue weighted by Gasteiger charge is -2.16. The molecule has 0 fully saturated rings. The molecule has 0 aliphatic carbocycles. The molecule has 8 heteroatoms. The highest BCUT2D eigenvalue weighted by Crippen LogP contribution is 2.33. The SMILES string of the molecule is COc1ccccc1-c1nnc(SCC(=O)N(C)Cc2cccs2)n1-c1ccc(C)cc1. The van der Waals surface area contributed by atoms with Crippen LogP contribution in [0.2, 0.25) is 0 Å². The average Bonchev–Trinajstić information content (AvgIpc) is 3.48. The van der Waals surface area contributed by atoms with Gasteiger partial charge in [-0.2, -0.15) is 0 Å².